The van der Waals surface area contributed by atoms with Crippen molar-refractivity contribution >= 4 is 34.1 Å². The second-order valence-electron chi connectivity index (χ2n) is 4.81. The van der Waals surface area contributed by atoms with Crippen molar-refractivity contribution in [1.82, 2.24) is 5.32 Å². The van der Waals surface area contributed by atoms with Gasteiger partial charge < -0.3 is 10.6 Å². The van der Waals surface area contributed by atoms with Crippen molar-refractivity contribution in [2.75, 3.05) is 11.6 Å². The molecule has 6 heteroatoms. The third kappa shape index (κ3) is 5.16. The molecule has 0 aromatic heterocycles. The van der Waals surface area contributed by atoms with Crippen LogP contribution in [-0.4, -0.2) is 16.5 Å². The molecule has 1 atom stereocenters. The van der Waals surface area contributed by atoms with Gasteiger partial charge in [-0.3, -0.25) is 4.21 Å². The molecule has 0 radical (unpaired) electrons. The van der Waals surface area contributed by atoms with Crippen LogP contribution in [0, 0.1) is 0 Å². The molecule has 0 aliphatic carbocycles. The molecule has 4 nitrogen and oxygen atoms in total. The van der Waals surface area contributed by atoms with Gasteiger partial charge in [-0.05, 0) is 29.3 Å². The minimum absolute atomic E-state index is 0.311. The number of rotatable bonds is 5. The van der Waals surface area contributed by atoms with E-state index in [-0.39, 0.29) is 6.03 Å². The van der Waals surface area contributed by atoms with Crippen molar-refractivity contribution in [3.05, 3.63) is 64.7 Å². The number of amides is 2. The Bertz CT molecular complexity index is 691. The third-order valence-corrected chi connectivity index (χ3v) is 3.92. The maximum atomic E-state index is 12.0. The predicted molar refractivity (Wildman–Crippen MR) is 91.5 cm³/mol. The normalized spacial score (nSPS) is 11.7. The zero-order valence-electron chi connectivity index (χ0n) is 12.1. The Hall–Kier alpha value is -1.85. The summed E-state index contributed by atoms with van der Waals surface area (Å²) in [5, 5.41) is 6.19. The van der Waals surface area contributed by atoms with E-state index in [9.17, 15) is 9.00 Å². The van der Waals surface area contributed by atoms with Crippen molar-refractivity contribution in [2.45, 2.75) is 12.3 Å². The van der Waals surface area contributed by atoms with Gasteiger partial charge in [0.1, 0.15) is 0 Å². The average Bonchev–Trinajstić information content (AvgIpc) is 2.47. The molecule has 2 aromatic carbocycles. The third-order valence-electron chi connectivity index (χ3n) is 2.97. The number of hydrogen-bond donors (Lipinski definition) is 2. The Balaban J connectivity index is 1.96. The molecule has 22 heavy (non-hydrogen) atoms. The number of carbonyl (C=O) groups excluding carboxylic acids is 1. The Kier molecular flexibility index (Phi) is 5.98. The second kappa shape index (κ2) is 7.96. The number of benzene rings is 2. The Morgan fingerprint density at radius 2 is 1.95 bits per heavy atom. The number of urea groups is 1. The molecule has 0 bridgehead atoms. The first kappa shape index (κ1) is 16.5. The van der Waals surface area contributed by atoms with E-state index in [1.807, 2.05) is 30.3 Å². The molecule has 2 rings (SSSR count). The highest BCUT2D eigenvalue weighted by atomic mass is 35.5. The largest absolute Gasteiger partial charge is 0.334 e. The Morgan fingerprint density at radius 1 is 1.18 bits per heavy atom. The maximum Gasteiger partial charge on any atom is 0.319 e. The lowest BCUT2D eigenvalue weighted by Gasteiger charge is -2.11. The first-order valence-corrected chi connectivity index (χ1v) is 8.82. The van der Waals surface area contributed by atoms with Crippen molar-refractivity contribution in [3.63, 3.8) is 0 Å². The van der Waals surface area contributed by atoms with Gasteiger partial charge in [0, 0.05) is 34.3 Å². The fraction of sp³-hybridized carbons (Fsp3) is 0.188. The standard InChI is InChI=1S/C16H17ClN2O2S/c1-22(21)11-13-6-2-3-8-15(13)19-16(20)18-10-12-5-4-7-14(17)9-12/h2-9H,10-11H2,1H3,(H2,18,19,20). The number of halogens is 1. The van der Waals surface area contributed by atoms with Gasteiger partial charge in [-0.2, -0.15) is 0 Å². The lowest BCUT2D eigenvalue weighted by atomic mass is 10.2. The summed E-state index contributed by atoms with van der Waals surface area (Å²) in [4.78, 5) is 12.0. The number of hydrogen-bond acceptors (Lipinski definition) is 2. The number of carbonyl (C=O) groups is 1. The predicted octanol–water partition coefficient (Wildman–Crippen LogP) is 3.54. The molecular weight excluding hydrogens is 320 g/mol. The molecule has 116 valence electrons. The number of para-hydroxylation sites is 1. The molecule has 2 aromatic rings. The van der Waals surface area contributed by atoms with Gasteiger partial charge in [-0.1, -0.05) is 41.9 Å². The molecule has 0 saturated carbocycles. The van der Waals surface area contributed by atoms with Gasteiger partial charge >= 0.3 is 6.03 Å². The molecule has 2 amide bonds. The fourth-order valence-corrected chi connectivity index (χ4v) is 2.89. The molecular formula is C16H17ClN2O2S. The molecule has 0 aliphatic rings. The van der Waals surface area contributed by atoms with Crippen molar-refractivity contribution in [2.24, 2.45) is 0 Å². The summed E-state index contributed by atoms with van der Waals surface area (Å²) in [6.45, 7) is 0.383. The van der Waals surface area contributed by atoms with Gasteiger partial charge in [0.25, 0.3) is 0 Å². The van der Waals surface area contributed by atoms with Crippen molar-refractivity contribution < 1.29 is 9.00 Å². The summed E-state index contributed by atoms with van der Waals surface area (Å²) in [6.07, 6.45) is 1.63. The molecule has 0 fully saturated rings. The van der Waals surface area contributed by atoms with Crippen LogP contribution in [0.3, 0.4) is 0 Å². The van der Waals surface area contributed by atoms with Crippen LogP contribution < -0.4 is 10.6 Å². The SMILES string of the molecule is CS(=O)Cc1ccccc1NC(=O)NCc1cccc(Cl)c1. The first-order valence-electron chi connectivity index (χ1n) is 6.72. The van der Waals surface area contributed by atoms with Crippen LogP contribution >= 0.6 is 11.6 Å². The van der Waals surface area contributed by atoms with E-state index in [0.29, 0.717) is 23.0 Å². The quantitative estimate of drug-likeness (QED) is 0.877. The zero-order chi connectivity index (χ0) is 15.9. The highest BCUT2D eigenvalue weighted by Crippen LogP contribution is 2.16. The maximum absolute atomic E-state index is 12.0. The van der Waals surface area contributed by atoms with E-state index in [4.69, 9.17) is 11.6 Å². The van der Waals surface area contributed by atoms with E-state index in [1.54, 1.807) is 24.5 Å². The highest BCUT2D eigenvalue weighted by molar-refractivity contribution is 7.83. The van der Waals surface area contributed by atoms with E-state index in [0.717, 1.165) is 11.1 Å². The number of anilines is 1. The summed E-state index contributed by atoms with van der Waals surface area (Å²) in [7, 11) is -0.964. The van der Waals surface area contributed by atoms with Crippen LogP contribution in [0.15, 0.2) is 48.5 Å². The minimum Gasteiger partial charge on any atom is -0.334 e. The molecule has 0 aliphatic heterocycles. The summed E-state index contributed by atoms with van der Waals surface area (Å²) in [5.74, 6) is 0.407. The van der Waals surface area contributed by atoms with Crippen LogP contribution in [0.2, 0.25) is 5.02 Å². The highest BCUT2D eigenvalue weighted by Gasteiger charge is 2.07. The minimum atomic E-state index is -0.964. The van der Waals surface area contributed by atoms with Crippen LogP contribution in [0.25, 0.3) is 0 Å². The number of nitrogens with one attached hydrogen (secondary N) is 2. The second-order valence-corrected chi connectivity index (χ2v) is 6.68. The van der Waals surface area contributed by atoms with Gasteiger partial charge in [0.15, 0.2) is 0 Å². The van der Waals surface area contributed by atoms with Crippen LogP contribution in [-0.2, 0) is 23.1 Å². The molecule has 0 heterocycles. The van der Waals surface area contributed by atoms with Gasteiger partial charge in [-0.25, -0.2) is 4.79 Å². The summed E-state index contributed by atoms with van der Waals surface area (Å²) in [6, 6.07) is 14.3. The van der Waals surface area contributed by atoms with E-state index in [2.05, 4.69) is 10.6 Å². The lowest BCUT2D eigenvalue weighted by molar-refractivity contribution is 0.251. The Labute approximate surface area is 137 Å². The Morgan fingerprint density at radius 3 is 2.68 bits per heavy atom. The van der Waals surface area contributed by atoms with Crippen molar-refractivity contribution in [1.29, 1.82) is 0 Å². The fourth-order valence-electron chi connectivity index (χ4n) is 1.98. The van der Waals surface area contributed by atoms with Gasteiger partial charge in [0.05, 0.1) is 5.75 Å². The molecule has 2 N–H and O–H groups in total. The summed E-state index contributed by atoms with van der Waals surface area (Å²) in [5.41, 5.74) is 2.44. The lowest BCUT2D eigenvalue weighted by Crippen LogP contribution is -2.28. The van der Waals surface area contributed by atoms with Crippen LogP contribution in [0.4, 0.5) is 10.5 Å². The monoisotopic (exact) mass is 336 g/mol. The first-order chi connectivity index (χ1) is 10.5. The molecule has 0 saturated heterocycles. The summed E-state index contributed by atoms with van der Waals surface area (Å²) < 4.78 is 11.4. The van der Waals surface area contributed by atoms with Gasteiger partial charge in [-0.15, -0.1) is 0 Å². The molecule has 1 unspecified atom stereocenters. The summed E-state index contributed by atoms with van der Waals surface area (Å²) >= 11 is 5.90. The molecule has 0 spiro atoms. The topological polar surface area (TPSA) is 58.2 Å². The van der Waals surface area contributed by atoms with E-state index >= 15 is 0 Å². The van der Waals surface area contributed by atoms with Crippen LogP contribution in [0.5, 0.6) is 0 Å². The average molecular weight is 337 g/mol. The van der Waals surface area contributed by atoms with Crippen LogP contribution in [0.1, 0.15) is 11.1 Å². The van der Waals surface area contributed by atoms with E-state index in [1.165, 1.54) is 0 Å². The van der Waals surface area contributed by atoms with Crippen molar-refractivity contribution in [3.8, 4) is 0 Å². The van der Waals surface area contributed by atoms with E-state index < -0.39 is 10.8 Å². The van der Waals surface area contributed by atoms with Gasteiger partial charge in [0.2, 0.25) is 0 Å². The smallest absolute Gasteiger partial charge is 0.319 e. The zero-order valence-corrected chi connectivity index (χ0v) is 13.7.